The first-order chi connectivity index (χ1) is 29.0. The number of hydrogen-bond acceptors (Lipinski definition) is 4. The van der Waals surface area contributed by atoms with Crippen molar-refractivity contribution in [1.82, 2.24) is 5.32 Å². The summed E-state index contributed by atoms with van der Waals surface area (Å²) in [5.41, 5.74) is 0. The van der Waals surface area contributed by atoms with Gasteiger partial charge in [0.15, 0.2) is 0 Å². The van der Waals surface area contributed by atoms with Crippen molar-refractivity contribution in [3.63, 3.8) is 0 Å². The van der Waals surface area contributed by atoms with Crippen molar-refractivity contribution < 1.29 is 20.1 Å². The minimum absolute atomic E-state index is 0.000228. The molecule has 0 heterocycles. The molecule has 0 aliphatic rings. The van der Waals surface area contributed by atoms with Crippen LogP contribution < -0.4 is 5.32 Å². The summed E-state index contributed by atoms with van der Waals surface area (Å²) in [4.78, 5) is 12.5. The van der Waals surface area contributed by atoms with E-state index in [0.29, 0.717) is 6.42 Å². The molecule has 344 valence electrons. The van der Waals surface area contributed by atoms with Gasteiger partial charge in [-0.2, -0.15) is 0 Å². The standard InChI is InChI=1S/C54H99NO4/c1-3-5-7-9-11-13-15-17-19-21-23-24-25-26-27-28-30-32-34-36-38-40-42-44-46-48-53(58)52(50-56)55-54(59)49-51(57)47-45-43-41-39-37-35-33-31-29-22-20-18-16-14-12-10-8-6-4-2/h6,8,12,14,30,32,38,40,46,48,51-53,56-58H,3-5,7,9-11,13,15-29,31,33-37,39,41-45,47,49-50H2,1-2H3,(H,55,59)/b8-6-,14-12-,32-30+,40-38+,48-46+. The van der Waals surface area contributed by atoms with Gasteiger partial charge >= 0.3 is 0 Å². The number of aliphatic hydroxyl groups excluding tert-OH is 3. The van der Waals surface area contributed by atoms with Crippen LogP contribution in [0.15, 0.2) is 60.8 Å². The van der Waals surface area contributed by atoms with Crippen LogP contribution in [0.3, 0.4) is 0 Å². The van der Waals surface area contributed by atoms with Gasteiger partial charge in [-0.15, -0.1) is 0 Å². The molecule has 0 rings (SSSR count). The number of carbonyl (C=O) groups is 1. The molecule has 5 heteroatoms. The maximum atomic E-state index is 12.5. The fourth-order valence-corrected chi connectivity index (χ4v) is 7.65. The molecule has 0 spiro atoms. The average Bonchev–Trinajstić information content (AvgIpc) is 3.23. The molecule has 3 unspecified atom stereocenters. The number of allylic oxidation sites excluding steroid dienone is 9. The molecular formula is C54H99NO4. The van der Waals surface area contributed by atoms with Gasteiger partial charge in [-0.05, 0) is 70.6 Å². The predicted octanol–water partition coefficient (Wildman–Crippen LogP) is 15.4. The van der Waals surface area contributed by atoms with E-state index in [1.807, 2.05) is 6.08 Å². The van der Waals surface area contributed by atoms with Crippen molar-refractivity contribution >= 4 is 5.91 Å². The highest BCUT2D eigenvalue weighted by Gasteiger charge is 2.20. The van der Waals surface area contributed by atoms with E-state index in [1.165, 1.54) is 173 Å². The Kier molecular flexibility index (Phi) is 47.1. The summed E-state index contributed by atoms with van der Waals surface area (Å²) in [5.74, 6) is -0.330. The third-order valence-electron chi connectivity index (χ3n) is 11.5. The minimum Gasteiger partial charge on any atom is -0.394 e. The summed E-state index contributed by atoms with van der Waals surface area (Å²) in [6, 6.07) is -0.770. The van der Waals surface area contributed by atoms with Gasteiger partial charge in [-0.3, -0.25) is 4.79 Å². The lowest BCUT2D eigenvalue weighted by molar-refractivity contribution is -0.124. The maximum Gasteiger partial charge on any atom is 0.222 e. The van der Waals surface area contributed by atoms with Crippen molar-refractivity contribution in [2.75, 3.05) is 6.61 Å². The van der Waals surface area contributed by atoms with E-state index >= 15 is 0 Å². The van der Waals surface area contributed by atoms with Gasteiger partial charge in [0.2, 0.25) is 5.91 Å². The van der Waals surface area contributed by atoms with Crippen LogP contribution in [0.5, 0.6) is 0 Å². The Hall–Kier alpha value is -1.95. The van der Waals surface area contributed by atoms with Gasteiger partial charge in [-0.25, -0.2) is 0 Å². The average molecular weight is 826 g/mol. The van der Waals surface area contributed by atoms with Gasteiger partial charge in [-0.1, -0.05) is 235 Å². The van der Waals surface area contributed by atoms with Crippen molar-refractivity contribution in [1.29, 1.82) is 0 Å². The van der Waals surface area contributed by atoms with Crippen LogP contribution in [-0.2, 0) is 4.79 Å². The van der Waals surface area contributed by atoms with E-state index in [-0.39, 0.29) is 18.9 Å². The minimum atomic E-state index is -0.963. The van der Waals surface area contributed by atoms with Crippen molar-refractivity contribution in [2.24, 2.45) is 0 Å². The lowest BCUT2D eigenvalue weighted by Crippen LogP contribution is -2.45. The van der Waals surface area contributed by atoms with Crippen molar-refractivity contribution in [2.45, 2.75) is 270 Å². The molecule has 0 bridgehead atoms. The van der Waals surface area contributed by atoms with Crippen molar-refractivity contribution in [3.8, 4) is 0 Å². The number of nitrogens with one attached hydrogen (secondary N) is 1. The highest BCUT2D eigenvalue weighted by Crippen LogP contribution is 2.16. The number of unbranched alkanes of at least 4 members (excludes halogenated alkanes) is 29. The zero-order chi connectivity index (χ0) is 43.0. The number of carbonyl (C=O) groups excluding carboxylic acids is 1. The first kappa shape index (κ1) is 57.1. The fourth-order valence-electron chi connectivity index (χ4n) is 7.65. The second-order valence-electron chi connectivity index (χ2n) is 17.4. The molecule has 0 saturated heterocycles. The third kappa shape index (κ3) is 45.4. The molecule has 0 fully saturated rings. The topological polar surface area (TPSA) is 89.8 Å². The number of aliphatic hydroxyl groups is 3. The molecule has 59 heavy (non-hydrogen) atoms. The predicted molar refractivity (Wildman–Crippen MR) is 259 cm³/mol. The Bertz CT molecular complexity index is 1000. The van der Waals surface area contributed by atoms with Gasteiger partial charge < -0.3 is 20.6 Å². The molecular weight excluding hydrogens is 727 g/mol. The summed E-state index contributed by atoms with van der Waals surface area (Å²) in [7, 11) is 0. The number of amides is 1. The van der Waals surface area contributed by atoms with Gasteiger partial charge in [0.25, 0.3) is 0 Å². The Morgan fingerprint density at radius 2 is 0.831 bits per heavy atom. The van der Waals surface area contributed by atoms with Crippen LogP contribution in [0.25, 0.3) is 0 Å². The molecule has 4 N–H and O–H groups in total. The van der Waals surface area contributed by atoms with E-state index in [4.69, 9.17) is 0 Å². The molecule has 0 aromatic carbocycles. The summed E-state index contributed by atoms with van der Waals surface area (Å²) >= 11 is 0. The highest BCUT2D eigenvalue weighted by molar-refractivity contribution is 5.76. The van der Waals surface area contributed by atoms with E-state index in [0.717, 1.165) is 51.4 Å². The first-order valence-corrected chi connectivity index (χ1v) is 25.6. The van der Waals surface area contributed by atoms with Crippen LogP contribution in [0.2, 0.25) is 0 Å². The molecule has 0 aromatic heterocycles. The van der Waals surface area contributed by atoms with Gasteiger partial charge in [0, 0.05) is 0 Å². The zero-order valence-electron chi connectivity index (χ0n) is 39.1. The van der Waals surface area contributed by atoms with Crippen LogP contribution in [0.4, 0.5) is 0 Å². The third-order valence-corrected chi connectivity index (χ3v) is 11.5. The monoisotopic (exact) mass is 826 g/mol. The summed E-state index contributed by atoms with van der Waals surface area (Å²) < 4.78 is 0. The van der Waals surface area contributed by atoms with Crippen LogP contribution >= 0.6 is 0 Å². The normalized spacial score (nSPS) is 13.9. The van der Waals surface area contributed by atoms with Crippen LogP contribution in [-0.4, -0.2) is 46.1 Å². The van der Waals surface area contributed by atoms with E-state index < -0.39 is 18.2 Å². The SMILES string of the molecule is CC/C=C\C/C=C\CCCCCCCCCCCCCCC(O)CC(=O)NC(CO)C(O)/C=C/CC/C=C/CC/C=C/CCCCCCCCCCCCCCCCC. The Balaban J connectivity index is 3.68. The second-order valence-corrected chi connectivity index (χ2v) is 17.4. The lowest BCUT2D eigenvalue weighted by Gasteiger charge is -2.21. The van der Waals surface area contributed by atoms with Crippen LogP contribution in [0, 0.1) is 0 Å². The molecule has 0 aromatic rings. The smallest absolute Gasteiger partial charge is 0.222 e. The summed E-state index contributed by atoms with van der Waals surface area (Å²) in [5, 5.41) is 33.3. The first-order valence-electron chi connectivity index (χ1n) is 25.6. The van der Waals surface area contributed by atoms with E-state index in [9.17, 15) is 20.1 Å². The summed E-state index contributed by atoms with van der Waals surface area (Å²) in [6.45, 7) is 4.11. The number of hydrogen-bond donors (Lipinski definition) is 4. The number of rotatable bonds is 46. The lowest BCUT2D eigenvalue weighted by atomic mass is 10.0. The van der Waals surface area contributed by atoms with E-state index in [1.54, 1.807) is 6.08 Å². The maximum absolute atomic E-state index is 12.5. The van der Waals surface area contributed by atoms with Gasteiger partial charge in [0.1, 0.15) is 0 Å². The molecule has 3 atom stereocenters. The molecule has 0 radical (unpaired) electrons. The Labute approximate surface area is 367 Å². The van der Waals surface area contributed by atoms with Crippen molar-refractivity contribution in [3.05, 3.63) is 60.8 Å². The molecule has 0 saturated carbocycles. The Morgan fingerprint density at radius 3 is 1.27 bits per heavy atom. The second kappa shape index (κ2) is 48.7. The zero-order valence-corrected chi connectivity index (χ0v) is 39.1. The largest absolute Gasteiger partial charge is 0.394 e. The quantitative estimate of drug-likeness (QED) is 0.0363. The Morgan fingerprint density at radius 1 is 0.458 bits per heavy atom. The van der Waals surface area contributed by atoms with Gasteiger partial charge in [0.05, 0.1) is 31.3 Å². The molecule has 1 amide bonds. The molecule has 5 nitrogen and oxygen atoms in total. The van der Waals surface area contributed by atoms with Crippen LogP contribution in [0.1, 0.15) is 251 Å². The molecule has 0 aliphatic heterocycles. The highest BCUT2D eigenvalue weighted by atomic mass is 16.3. The summed E-state index contributed by atoms with van der Waals surface area (Å²) in [6.07, 6.45) is 65.3. The molecule has 0 aliphatic carbocycles. The fraction of sp³-hybridized carbons (Fsp3) is 0.796. The van der Waals surface area contributed by atoms with E-state index in [2.05, 4.69) is 67.8 Å².